The van der Waals surface area contributed by atoms with Crippen molar-refractivity contribution in [3.8, 4) is 11.8 Å². The van der Waals surface area contributed by atoms with Gasteiger partial charge < -0.3 is 19.7 Å². The molecule has 0 radical (unpaired) electrons. The molecule has 1 N–H and O–H groups in total. The molecule has 2 aromatic carbocycles. The molecule has 0 spiro atoms. The molecule has 1 aliphatic heterocycles. The molecule has 5 rings (SSSR count). The molecule has 15 heteroatoms. The Balaban J connectivity index is 1.40. The number of benzene rings is 2. The molecule has 9 nitrogen and oxygen atoms in total. The van der Waals surface area contributed by atoms with Crippen LogP contribution in [0.4, 0.5) is 18.0 Å². The van der Waals surface area contributed by atoms with Crippen LogP contribution in [0.3, 0.4) is 0 Å². The summed E-state index contributed by atoms with van der Waals surface area (Å²) >= 11 is 9.55. The van der Waals surface area contributed by atoms with Gasteiger partial charge in [0.25, 0.3) is 0 Å². The van der Waals surface area contributed by atoms with Crippen molar-refractivity contribution in [3.05, 3.63) is 57.5 Å². The smallest absolute Gasteiger partial charge is 0.422 e. The van der Waals surface area contributed by atoms with Crippen LogP contribution in [-0.4, -0.2) is 61.7 Å². The van der Waals surface area contributed by atoms with Gasteiger partial charge in [-0.3, -0.25) is 4.79 Å². The molecule has 224 valence electrons. The maximum Gasteiger partial charge on any atom is 0.422 e. The minimum Gasteiger partial charge on any atom is -0.484 e. The monoisotopic (exact) mass is 689 g/mol. The lowest BCUT2D eigenvalue weighted by atomic mass is 9.94. The van der Waals surface area contributed by atoms with Gasteiger partial charge in [-0.1, -0.05) is 39.7 Å². The van der Waals surface area contributed by atoms with Crippen LogP contribution >= 0.6 is 27.5 Å². The highest BCUT2D eigenvalue weighted by atomic mass is 79.9. The average molecular weight is 691 g/mol. The molecule has 42 heavy (non-hydrogen) atoms. The third-order valence-corrected chi connectivity index (χ3v) is 10.8. The Morgan fingerprint density at radius 3 is 2.36 bits per heavy atom. The number of carbonyl (C=O) groups is 2. The molecule has 3 fully saturated rings. The summed E-state index contributed by atoms with van der Waals surface area (Å²) in [4.78, 5) is 27.5. The highest BCUT2D eigenvalue weighted by Crippen LogP contribution is 2.51. The first kappa shape index (κ1) is 30.4. The number of nitriles is 1. The lowest BCUT2D eigenvalue weighted by Crippen LogP contribution is -2.46. The zero-order valence-electron chi connectivity index (χ0n) is 21.8. The molecule has 2 amide bonds. The van der Waals surface area contributed by atoms with E-state index in [9.17, 15) is 36.4 Å². The number of hydrogen-bond donors (Lipinski definition) is 1. The van der Waals surface area contributed by atoms with Crippen molar-refractivity contribution in [2.45, 2.75) is 65.6 Å². The van der Waals surface area contributed by atoms with E-state index in [1.165, 1.54) is 4.90 Å². The Morgan fingerprint density at radius 1 is 1.14 bits per heavy atom. The molecule has 0 aromatic heterocycles. The third kappa shape index (κ3) is 6.18. The van der Waals surface area contributed by atoms with Crippen LogP contribution in [0, 0.1) is 11.3 Å². The molecular formula is C27H24BrClF3N3O6S. The summed E-state index contributed by atoms with van der Waals surface area (Å²) in [5.74, 6) is -0.669. The van der Waals surface area contributed by atoms with Crippen LogP contribution in [0.5, 0.6) is 5.75 Å². The fourth-order valence-electron chi connectivity index (χ4n) is 4.99. The van der Waals surface area contributed by atoms with E-state index in [4.69, 9.17) is 16.3 Å². The van der Waals surface area contributed by atoms with Crippen LogP contribution in [0.15, 0.2) is 51.8 Å². The quantitative estimate of drug-likeness (QED) is 0.401. The van der Waals surface area contributed by atoms with E-state index in [1.54, 1.807) is 24.3 Å². The fraction of sp³-hybridized carbons (Fsp3) is 0.444. The van der Waals surface area contributed by atoms with Gasteiger partial charge in [-0.15, -0.1) is 0 Å². The van der Waals surface area contributed by atoms with Crippen molar-refractivity contribution in [2.24, 2.45) is 0 Å². The zero-order chi connectivity index (χ0) is 30.5. The summed E-state index contributed by atoms with van der Waals surface area (Å²) < 4.78 is 76.0. The van der Waals surface area contributed by atoms with Gasteiger partial charge >= 0.3 is 12.3 Å². The average Bonchev–Trinajstić information content (AvgIpc) is 3.84. The Labute approximate surface area is 252 Å². The van der Waals surface area contributed by atoms with Gasteiger partial charge in [-0.2, -0.15) is 18.4 Å². The number of rotatable bonds is 8. The molecule has 3 aliphatic rings. The summed E-state index contributed by atoms with van der Waals surface area (Å²) in [6, 6.07) is 12.3. The second-order valence-corrected chi connectivity index (χ2v) is 14.1. The van der Waals surface area contributed by atoms with Gasteiger partial charge in [0.15, 0.2) is 22.7 Å². The molecule has 1 saturated heterocycles. The van der Waals surface area contributed by atoms with E-state index < -0.39 is 57.1 Å². The van der Waals surface area contributed by atoms with Gasteiger partial charge in [-0.05, 0) is 55.5 Å². The van der Waals surface area contributed by atoms with Crippen LogP contribution in [0.1, 0.15) is 37.7 Å². The number of sulfone groups is 1. The number of halogens is 5. The first-order chi connectivity index (χ1) is 19.7. The standard InChI is InChI=1S/C27H24BrClF3N3O6S/c28-17-3-1-16(2-4-17)26(9-10-26)23(36)35-13-19(12-22(35)41-24(37)34-25(14-33)7-8-25)42(38,39)21-6-5-18(11-20(21)29)40-15-27(30,31)32/h1-6,11,19,22H,7-10,12-13,15H2,(H,34,37)/t19-,22+/m1/s1. The molecule has 2 aromatic rings. The predicted molar refractivity (Wildman–Crippen MR) is 146 cm³/mol. The topological polar surface area (TPSA) is 126 Å². The molecule has 2 atom stereocenters. The van der Waals surface area contributed by atoms with Crippen molar-refractivity contribution in [3.63, 3.8) is 0 Å². The van der Waals surface area contributed by atoms with Gasteiger partial charge in [0.05, 0.1) is 26.7 Å². The Morgan fingerprint density at radius 2 is 1.81 bits per heavy atom. The van der Waals surface area contributed by atoms with Crippen LogP contribution in [0.25, 0.3) is 0 Å². The summed E-state index contributed by atoms with van der Waals surface area (Å²) in [6.45, 7) is -1.90. The molecule has 2 aliphatic carbocycles. The van der Waals surface area contributed by atoms with Crippen molar-refractivity contribution in [2.75, 3.05) is 13.2 Å². The first-order valence-electron chi connectivity index (χ1n) is 12.9. The summed E-state index contributed by atoms with van der Waals surface area (Å²) in [5, 5.41) is 10.2. The highest BCUT2D eigenvalue weighted by Gasteiger charge is 2.57. The van der Waals surface area contributed by atoms with E-state index in [1.807, 2.05) is 6.07 Å². The van der Waals surface area contributed by atoms with Crippen molar-refractivity contribution < 1.29 is 40.7 Å². The maximum absolute atomic E-state index is 14.0. The van der Waals surface area contributed by atoms with Gasteiger partial charge in [0.2, 0.25) is 5.91 Å². The summed E-state index contributed by atoms with van der Waals surface area (Å²) in [5.41, 5.74) is -1.21. The Hall–Kier alpha value is -3.02. The van der Waals surface area contributed by atoms with Gasteiger partial charge in [0, 0.05) is 23.5 Å². The second-order valence-electron chi connectivity index (χ2n) is 10.6. The van der Waals surface area contributed by atoms with Crippen molar-refractivity contribution in [1.82, 2.24) is 10.2 Å². The number of likely N-dealkylation sites (tertiary alicyclic amines) is 1. The van der Waals surface area contributed by atoms with E-state index in [0.29, 0.717) is 25.7 Å². The Bertz CT molecular complexity index is 1560. The van der Waals surface area contributed by atoms with Gasteiger partial charge in [-0.25, -0.2) is 13.2 Å². The van der Waals surface area contributed by atoms with Crippen LogP contribution < -0.4 is 10.1 Å². The van der Waals surface area contributed by atoms with E-state index >= 15 is 0 Å². The van der Waals surface area contributed by atoms with E-state index in [2.05, 4.69) is 26.0 Å². The molecule has 0 unspecified atom stereocenters. The van der Waals surface area contributed by atoms with Crippen LogP contribution in [0.2, 0.25) is 5.02 Å². The minimum atomic E-state index is -4.60. The zero-order valence-corrected chi connectivity index (χ0v) is 24.9. The predicted octanol–water partition coefficient (Wildman–Crippen LogP) is 5.26. The van der Waals surface area contributed by atoms with E-state index in [0.717, 1.165) is 28.2 Å². The number of nitrogens with one attached hydrogen (secondary N) is 1. The molecule has 1 heterocycles. The highest BCUT2D eigenvalue weighted by molar-refractivity contribution is 9.10. The number of hydrogen-bond acceptors (Lipinski definition) is 7. The Kier molecular flexibility index (Phi) is 7.91. The third-order valence-electron chi connectivity index (χ3n) is 7.63. The molecule has 0 bridgehead atoms. The lowest BCUT2D eigenvalue weighted by molar-refractivity contribution is -0.153. The normalized spacial score (nSPS) is 22.1. The molecule has 2 saturated carbocycles. The fourth-order valence-corrected chi connectivity index (χ4v) is 7.47. The summed E-state index contributed by atoms with van der Waals surface area (Å²) in [6.07, 6.45) is -5.17. The largest absolute Gasteiger partial charge is 0.484 e. The second kappa shape index (κ2) is 10.9. The van der Waals surface area contributed by atoms with Crippen molar-refractivity contribution >= 4 is 49.4 Å². The van der Waals surface area contributed by atoms with Crippen LogP contribution in [-0.2, 0) is 24.8 Å². The number of amides is 2. The summed E-state index contributed by atoms with van der Waals surface area (Å²) in [7, 11) is -4.26. The molecular weight excluding hydrogens is 667 g/mol. The number of nitrogens with zero attached hydrogens (tertiary/aromatic N) is 2. The SMILES string of the molecule is N#CC1(NC(=O)O[C@H]2C[C@@H](S(=O)(=O)c3ccc(OCC(F)(F)F)cc3Cl)CN2C(=O)C2(c3ccc(Br)cc3)CC2)CC1. The first-order valence-corrected chi connectivity index (χ1v) is 15.6. The van der Waals surface area contributed by atoms with E-state index in [-0.39, 0.29) is 28.6 Å². The number of alkyl carbamates (subject to hydrolysis) is 1. The van der Waals surface area contributed by atoms with Crippen molar-refractivity contribution in [1.29, 1.82) is 5.26 Å². The minimum absolute atomic E-state index is 0.269. The number of ether oxygens (including phenoxy) is 2. The maximum atomic E-state index is 14.0. The lowest BCUT2D eigenvalue weighted by Gasteiger charge is -2.29. The number of alkyl halides is 3. The van der Waals surface area contributed by atoms with Gasteiger partial charge in [0.1, 0.15) is 11.3 Å². The number of carbonyl (C=O) groups excluding carboxylic acids is 2.